The summed E-state index contributed by atoms with van der Waals surface area (Å²) in [7, 11) is 0. The molecule has 0 spiro atoms. The van der Waals surface area contributed by atoms with Crippen molar-refractivity contribution < 1.29 is 0 Å². The smallest absolute Gasteiger partial charge is 0.0715 e. The van der Waals surface area contributed by atoms with Crippen LogP contribution < -0.4 is 0 Å². The first-order valence-electron chi connectivity index (χ1n) is 8.69. The Labute approximate surface area is 169 Å². The topological polar surface area (TPSA) is 12.9 Å². The Morgan fingerprint density at radius 2 is 0.926 bits per heavy atom. The van der Waals surface area contributed by atoms with Gasteiger partial charge in [0.1, 0.15) is 0 Å². The predicted molar refractivity (Wildman–Crippen MR) is 115 cm³/mol. The summed E-state index contributed by atoms with van der Waals surface area (Å²) in [6.45, 7) is 2.09. The van der Waals surface area contributed by atoms with Gasteiger partial charge in [0.2, 0.25) is 0 Å². The summed E-state index contributed by atoms with van der Waals surface area (Å²) in [4.78, 5) is 4.89. The average molecular weight is 390 g/mol. The summed E-state index contributed by atoms with van der Waals surface area (Å²) >= 11 is 12.1. The number of benzene rings is 3. The molecule has 0 amide bonds. The van der Waals surface area contributed by atoms with Crippen LogP contribution >= 0.6 is 23.2 Å². The molecule has 0 saturated carbocycles. The molecule has 1 aromatic heterocycles. The monoisotopic (exact) mass is 389 g/mol. The van der Waals surface area contributed by atoms with E-state index in [1.807, 2.05) is 48.5 Å². The van der Waals surface area contributed by atoms with Gasteiger partial charge in [-0.15, -0.1) is 0 Å². The Bertz CT molecular complexity index is 913. The maximum atomic E-state index is 6.05. The Hall–Kier alpha value is -2.61. The van der Waals surface area contributed by atoms with E-state index in [1.54, 1.807) is 0 Å². The SMILES string of the molecule is Cc1ccc(-c2cc(-c3ccc(Cl)cc3)nc(-c3ccc(Cl)cc3)c2)cc1. The Balaban J connectivity index is 1.89. The lowest BCUT2D eigenvalue weighted by molar-refractivity contribution is 1.32. The molecule has 1 heterocycles. The molecule has 0 aliphatic heterocycles. The first-order valence-corrected chi connectivity index (χ1v) is 9.45. The molecule has 0 aliphatic rings. The van der Waals surface area contributed by atoms with Crippen molar-refractivity contribution in [1.29, 1.82) is 0 Å². The van der Waals surface area contributed by atoms with Crippen LogP contribution in [0.3, 0.4) is 0 Å². The molecule has 0 unspecified atom stereocenters. The van der Waals surface area contributed by atoms with Crippen molar-refractivity contribution >= 4 is 23.2 Å². The second-order valence-corrected chi connectivity index (χ2v) is 7.38. The summed E-state index contributed by atoms with van der Waals surface area (Å²) in [6.07, 6.45) is 0. The van der Waals surface area contributed by atoms with E-state index >= 15 is 0 Å². The molecule has 0 saturated heterocycles. The van der Waals surface area contributed by atoms with Gasteiger partial charge in [0.15, 0.2) is 0 Å². The van der Waals surface area contributed by atoms with E-state index in [1.165, 1.54) is 5.56 Å². The van der Waals surface area contributed by atoms with Crippen LogP contribution in [0.4, 0.5) is 0 Å². The number of hydrogen-bond donors (Lipinski definition) is 0. The minimum atomic E-state index is 0.714. The van der Waals surface area contributed by atoms with Gasteiger partial charge in [-0.1, -0.05) is 77.3 Å². The van der Waals surface area contributed by atoms with E-state index in [2.05, 4.69) is 43.3 Å². The molecule has 0 bridgehead atoms. The van der Waals surface area contributed by atoms with Gasteiger partial charge in [-0.3, -0.25) is 0 Å². The molecule has 3 heteroatoms. The molecule has 27 heavy (non-hydrogen) atoms. The van der Waals surface area contributed by atoms with E-state index in [0.29, 0.717) is 10.0 Å². The molecule has 0 radical (unpaired) electrons. The fourth-order valence-electron chi connectivity index (χ4n) is 2.98. The lowest BCUT2D eigenvalue weighted by Crippen LogP contribution is -1.91. The van der Waals surface area contributed by atoms with Crippen LogP contribution in [0.2, 0.25) is 10.0 Å². The zero-order valence-electron chi connectivity index (χ0n) is 14.8. The molecule has 4 aromatic rings. The summed E-state index contributed by atoms with van der Waals surface area (Å²) in [5, 5.41) is 1.43. The lowest BCUT2D eigenvalue weighted by Gasteiger charge is -2.11. The number of pyridine rings is 1. The van der Waals surface area contributed by atoms with Gasteiger partial charge in [0, 0.05) is 21.2 Å². The second-order valence-electron chi connectivity index (χ2n) is 6.51. The molecular formula is C24H17Cl2N. The van der Waals surface area contributed by atoms with E-state index in [9.17, 15) is 0 Å². The van der Waals surface area contributed by atoms with E-state index in [0.717, 1.165) is 33.6 Å². The van der Waals surface area contributed by atoms with Crippen LogP contribution in [0.25, 0.3) is 33.6 Å². The molecular weight excluding hydrogens is 373 g/mol. The highest BCUT2D eigenvalue weighted by molar-refractivity contribution is 6.30. The van der Waals surface area contributed by atoms with Gasteiger partial charge in [-0.05, 0) is 54.4 Å². The number of nitrogens with zero attached hydrogens (tertiary/aromatic N) is 1. The van der Waals surface area contributed by atoms with Gasteiger partial charge in [0.25, 0.3) is 0 Å². The van der Waals surface area contributed by atoms with Crippen molar-refractivity contribution in [3.8, 4) is 33.6 Å². The lowest BCUT2D eigenvalue weighted by atomic mass is 9.99. The number of aromatic nitrogens is 1. The molecule has 4 rings (SSSR count). The standard InChI is InChI=1S/C24H17Cl2N/c1-16-2-4-17(5-3-16)20-14-23(18-6-10-21(25)11-7-18)27-24(15-20)19-8-12-22(26)13-9-19/h2-15H,1H3. The molecule has 0 fully saturated rings. The van der Waals surface area contributed by atoms with Crippen molar-refractivity contribution in [3.05, 3.63) is 101 Å². The molecule has 1 nitrogen and oxygen atoms in total. The molecule has 0 N–H and O–H groups in total. The van der Waals surface area contributed by atoms with Crippen LogP contribution in [-0.2, 0) is 0 Å². The number of rotatable bonds is 3. The zero-order valence-corrected chi connectivity index (χ0v) is 16.3. The minimum absolute atomic E-state index is 0.714. The van der Waals surface area contributed by atoms with Crippen LogP contribution in [-0.4, -0.2) is 4.98 Å². The minimum Gasteiger partial charge on any atom is -0.248 e. The summed E-state index contributed by atoms with van der Waals surface area (Å²) in [5.74, 6) is 0. The molecule has 3 aromatic carbocycles. The third-order valence-corrected chi connectivity index (χ3v) is 4.99. The van der Waals surface area contributed by atoms with Crippen molar-refractivity contribution in [1.82, 2.24) is 4.98 Å². The first-order chi connectivity index (χ1) is 13.1. The third-order valence-electron chi connectivity index (χ3n) is 4.49. The van der Waals surface area contributed by atoms with E-state index < -0.39 is 0 Å². The van der Waals surface area contributed by atoms with E-state index in [4.69, 9.17) is 28.2 Å². The maximum absolute atomic E-state index is 6.05. The van der Waals surface area contributed by atoms with Crippen LogP contribution in [0, 0.1) is 6.92 Å². The van der Waals surface area contributed by atoms with Crippen molar-refractivity contribution in [2.45, 2.75) is 6.92 Å². The van der Waals surface area contributed by atoms with Crippen molar-refractivity contribution in [3.63, 3.8) is 0 Å². The van der Waals surface area contributed by atoms with Gasteiger partial charge in [0.05, 0.1) is 11.4 Å². The summed E-state index contributed by atoms with van der Waals surface area (Å²) < 4.78 is 0. The van der Waals surface area contributed by atoms with Crippen LogP contribution in [0.15, 0.2) is 84.9 Å². The molecule has 0 atom stereocenters. The Kier molecular flexibility index (Phi) is 4.98. The third kappa shape index (κ3) is 4.05. The molecule has 0 aliphatic carbocycles. The Morgan fingerprint density at radius 1 is 0.519 bits per heavy atom. The fraction of sp³-hybridized carbons (Fsp3) is 0.0417. The fourth-order valence-corrected chi connectivity index (χ4v) is 3.23. The van der Waals surface area contributed by atoms with Crippen LogP contribution in [0.5, 0.6) is 0 Å². The quantitative estimate of drug-likeness (QED) is 0.349. The first kappa shape index (κ1) is 17.8. The van der Waals surface area contributed by atoms with Gasteiger partial charge >= 0.3 is 0 Å². The van der Waals surface area contributed by atoms with Gasteiger partial charge in [-0.25, -0.2) is 4.98 Å². The maximum Gasteiger partial charge on any atom is 0.0715 e. The second kappa shape index (κ2) is 7.56. The summed E-state index contributed by atoms with van der Waals surface area (Å²) in [6, 6.07) is 28.3. The summed E-state index contributed by atoms with van der Waals surface area (Å²) in [5.41, 5.74) is 7.41. The van der Waals surface area contributed by atoms with Crippen LogP contribution in [0.1, 0.15) is 5.56 Å². The van der Waals surface area contributed by atoms with Crippen molar-refractivity contribution in [2.24, 2.45) is 0 Å². The highest BCUT2D eigenvalue weighted by Crippen LogP contribution is 2.31. The zero-order chi connectivity index (χ0) is 18.8. The number of aryl methyl sites for hydroxylation is 1. The molecule has 132 valence electrons. The highest BCUT2D eigenvalue weighted by Gasteiger charge is 2.09. The normalized spacial score (nSPS) is 10.8. The largest absolute Gasteiger partial charge is 0.248 e. The number of hydrogen-bond acceptors (Lipinski definition) is 1. The van der Waals surface area contributed by atoms with Gasteiger partial charge in [-0.2, -0.15) is 0 Å². The Morgan fingerprint density at radius 3 is 1.37 bits per heavy atom. The highest BCUT2D eigenvalue weighted by atomic mass is 35.5. The predicted octanol–water partition coefficient (Wildman–Crippen LogP) is 7.70. The van der Waals surface area contributed by atoms with Crippen molar-refractivity contribution in [2.75, 3.05) is 0 Å². The number of halogens is 2. The average Bonchev–Trinajstić information content (AvgIpc) is 2.69. The van der Waals surface area contributed by atoms with E-state index in [-0.39, 0.29) is 0 Å². The van der Waals surface area contributed by atoms with Gasteiger partial charge < -0.3 is 0 Å².